The molecule has 1 amide bonds. The predicted octanol–water partition coefficient (Wildman–Crippen LogP) is 1.22. The highest BCUT2D eigenvalue weighted by Crippen LogP contribution is 2.10. The largest absolute Gasteiger partial charge is 0.365 e. The molecule has 0 spiro atoms. The van der Waals surface area contributed by atoms with E-state index in [-0.39, 0.29) is 11.1 Å². The van der Waals surface area contributed by atoms with Crippen LogP contribution in [-0.2, 0) is 4.79 Å². The fourth-order valence-electron chi connectivity index (χ4n) is 0.906. The van der Waals surface area contributed by atoms with Crippen LogP contribution in [0.15, 0.2) is 29.8 Å². The van der Waals surface area contributed by atoms with Gasteiger partial charge in [-0.25, -0.2) is 4.39 Å². The van der Waals surface area contributed by atoms with Gasteiger partial charge in [0, 0.05) is 5.56 Å². The van der Waals surface area contributed by atoms with E-state index < -0.39 is 11.7 Å². The molecule has 0 fully saturated rings. The molecule has 0 aliphatic rings. The van der Waals surface area contributed by atoms with Gasteiger partial charge in [-0.15, -0.1) is 0 Å². The van der Waals surface area contributed by atoms with E-state index in [9.17, 15) is 9.18 Å². The molecular formula is C10H7FN2O. The normalized spacial score (nSPS) is 10.7. The Labute approximate surface area is 80.3 Å². The minimum Gasteiger partial charge on any atom is -0.365 e. The summed E-state index contributed by atoms with van der Waals surface area (Å²) >= 11 is 0. The van der Waals surface area contributed by atoms with Gasteiger partial charge < -0.3 is 5.73 Å². The Morgan fingerprint density at radius 1 is 1.50 bits per heavy atom. The predicted molar refractivity (Wildman–Crippen MR) is 49.2 cm³/mol. The molecule has 0 aromatic heterocycles. The number of hydrogen-bond donors (Lipinski definition) is 1. The van der Waals surface area contributed by atoms with Crippen LogP contribution >= 0.6 is 0 Å². The van der Waals surface area contributed by atoms with Gasteiger partial charge in [0.15, 0.2) is 0 Å². The van der Waals surface area contributed by atoms with Gasteiger partial charge in [0.05, 0.1) is 0 Å². The summed E-state index contributed by atoms with van der Waals surface area (Å²) in [6.45, 7) is 0. The van der Waals surface area contributed by atoms with E-state index in [2.05, 4.69) is 0 Å². The maximum Gasteiger partial charge on any atom is 0.259 e. The van der Waals surface area contributed by atoms with Crippen LogP contribution in [0.3, 0.4) is 0 Å². The number of halogens is 1. The summed E-state index contributed by atoms with van der Waals surface area (Å²) in [5.74, 6) is -1.36. The summed E-state index contributed by atoms with van der Waals surface area (Å²) in [6.07, 6.45) is 1.12. The summed E-state index contributed by atoms with van der Waals surface area (Å²) in [5.41, 5.74) is 4.79. The van der Waals surface area contributed by atoms with E-state index in [0.29, 0.717) is 0 Å². The molecule has 0 aliphatic carbocycles. The second-order valence-corrected chi connectivity index (χ2v) is 2.56. The Hall–Kier alpha value is -2.15. The SMILES string of the molecule is N#C/C(=C/c1ccccc1F)C(N)=O. The number of hydrogen-bond acceptors (Lipinski definition) is 2. The molecule has 0 bridgehead atoms. The topological polar surface area (TPSA) is 66.9 Å². The van der Waals surface area contributed by atoms with Crippen LogP contribution in [0.4, 0.5) is 4.39 Å². The fourth-order valence-corrected chi connectivity index (χ4v) is 0.906. The van der Waals surface area contributed by atoms with Crippen molar-refractivity contribution in [3.8, 4) is 6.07 Å². The van der Waals surface area contributed by atoms with E-state index in [1.165, 1.54) is 18.2 Å². The van der Waals surface area contributed by atoms with E-state index in [4.69, 9.17) is 11.0 Å². The fraction of sp³-hybridized carbons (Fsp3) is 0. The zero-order valence-electron chi connectivity index (χ0n) is 7.20. The van der Waals surface area contributed by atoms with Gasteiger partial charge in [0.1, 0.15) is 17.5 Å². The highest BCUT2D eigenvalue weighted by molar-refractivity contribution is 6.00. The molecular weight excluding hydrogens is 183 g/mol. The van der Waals surface area contributed by atoms with Crippen molar-refractivity contribution in [1.29, 1.82) is 5.26 Å². The molecule has 1 aromatic rings. The number of nitrogens with zero attached hydrogens (tertiary/aromatic N) is 1. The maximum atomic E-state index is 13.0. The molecule has 0 heterocycles. The first-order valence-corrected chi connectivity index (χ1v) is 3.81. The number of amides is 1. The van der Waals surface area contributed by atoms with Crippen molar-refractivity contribution >= 4 is 12.0 Å². The van der Waals surface area contributed by atoms with Crippen molar-refractivity contribution in [2.45, 2.75) is 0 Å². The van der Waals surface area contributed by atoms with E-state index >= 15 is 0 Å². The molecule has 0 radical (unpaired) electrons. The van der Waals surface area contributed by atoms with Crippen molar-refractivity contribution in [2.75, 3.05) is 0 Å². The lowest BCUT2D eigenvalue weighted by molar-refractivity contribution is -0.114. The van der Waals surface area contributed by atoms with Crippen LogP contribution in [-0.4, -0.2) is 5.91 Å². The first-order chi connectivity index (χ1) is 6.65. The van der Waals surface area contributed by atoms with Crippen LogP contribution < -0.4 is 5.73 Å². The highest BCUT2D eigenvalue weighted by Gasteiger charge is 2.05. The average molecular weight is 190 g/mol. The average Bonchev–Trinajstić information content (AvgIpc) is 2.16. The van der Waals surface area contributed by atoms with Gasteiger partial charge in [0.25, 0.3) is 5.91 Å². The van der Waals surface area contributed by atoms with Crippen LogP contribution in [0.5, 0.6) is 0 Å². The smallest absolute Gasteiger partial charge is 0.259 e. The van der Waals surface area contributed by atoms with Gasteiger partial charge in [-0.1, -0.05) is 18.2 Å². The minimum absolute atomic E-state index is 0.169. The standard InChI is InChI=1S/C10H7FN2O/c11-9-4-2-1-3-7(9)5-8(6-12)10(13)14/h1-5H,(H2,13,14)/b8-5-. The third kappa shape index (κ3) is 2.17. The number of rotatable bonds is 2. The van der Waals surface area contributed by atoms with Crippen LogP contribution in [0, 0.1) is 17.1 Å². The van der Waals surface area contributed by atoms with Gasteiger partial charge in [-0.3, -0.25) is 4.79 Å². The summed E-state index contributed by atoms with van der Waals surface area (Å²) in [6, 6.07) is 7.41. The highest BCUT2D eigenvalue weighted by atomic mass is 19.1. The number of carbonyl (C=O) groups is 1. The number of carbonyl (C=O) groups excluding carboxylic acids is 1. The zero-order chi connectivity index (χ0) is 10.6. The molecule has 0 atom stereocenters. The summed E-state index contributed by atoms with van der Waals surface area (Å²) in [4.78, 5) is 10.7. The van der Waals surface area contributed by atoms with Crippen LogP contribution in [0.1, 0.15) is 5.56 Å². The molecule has 2 N–H and O–H groups in total. The number of nitrogens with two attached hydrogens (primary N) is 1. The van der Waals surface area contributed by atoms with Gasteiger partial charge in [0.2, 0.25) is 0 Å². The minimum atomic E-state index is -0.865. The lowest BCUT2D eigenvalue weighted by Gasteiger charge is -1.95. The summed E-state index contributed by atoms with van der Waals surface area (Å²) < 4.78 is 13.0. The van der Waals surface area contributed by atoms with Crippen molar-refractivity contribution in [3.05, 3.63) is 41.2 Å². The molecule has 3 nitrogen and oxygen atoms in total. The molecule has 0 aliphatic heterocycles. The quantitative estimate of drug-likeness (QED) is 0.562. The Kier molecular flexibility index (Phi) is 2.97. The molecule has 14 heavy (non-hydrogen) atoms. The summed E-state index contributed by atoms with van der Waals surface area (Å²) in [7, 11) is 0. The van der Waals surface area contributed by atoms with Crippen molar-refractivity contribution in [2.24, 2.45) is 5.73 Å². The second-order valence-electron chi connectivity index (χ2n) is 2.56. The first-order valence-electron chi connectivity index (χ1n) is 3.81. The Morgan fingerprint density at radius 2 is 2.14 bits per heavy atom. The third-order valence-electron chi connectivity index (χ3n) is 1.59. The summed E-state index contributed by atoms with van der Waals surface area (Å²) in [5, 5.41) is 8.51. The first kappa shape index (κ1) is 9.93. The number of benzene rings is 1. The lowest BCUT2D eigenvalue weighted by Crippen LogP contribution is -2.12. The molecule has 0 saturated carbocycles. The molecule has 0 unspecified atom stereocenters. The Balaban J connectivity index is 3.15. The van der Waals surface area contributed by atoms with Crippen molar-refractivity contribution in [3.63, 3.8) is 0 Å². The maximum absolute atomic E-state index is 13.0. The van der Waals surface area contributed by atoms with Crippen LogP contribution in [0.2, 0.25) is 0 Å². The number of nitriles is 1. The monoisotopic (exact) mass is 190 g/mol. The molecule has 70 valence electrons. The van der Waals surface area contributed by atoms with E-state index in [1.807, 2.05) is 0 Å². The Morgan fingerprint density at radius 3 is 2.64 bits per heavy atom. The lowest BCUT2D eigenvalue weighted by atomic mass is 10.1. The van der Waals surface area contributed by atoms with E-state index in [1.54, 1.807) is 12.1 Å². The van der Waals surface area contributed by atoms with E-state index in [0.717, 1.165) is 6.08 Å². The molecule has 1 aromatic carbocycles. The third-order valence-corrected chi connectivity index (χ3v) is 1.59. The molecule has 4 heteroatoms. The Bertz CT molecular complexity index is 432. The van der Waals surface area contributed by atoms with Gasteiger partial charge >= 0.3 is 0 Å². The van der Waals surface area contributed by atoms with Gasteiger partial charge in [-0.05, 0) is 12.1 Å². The molecule has 1 rings (SSSR count). The number of primary amides is 1. The van der Waals surface area contributed by atoms with Crippen molar-refractivity contribution < 1.29 is 9.18 Å². The van der Waals surface area contributed by atoms with Gasteiger partial charge in [-0.2, -0.15) is 5.26 Å². The zero-order valence-corrected chi connectivity index (χ0v) is 7.20. The van der Waals surface area contributed by atoms with Crippen molar-refractivity contribution in [1.82, 2.24) is 0 Å². The molecule has 0 saturated heterocycles. The van der Waals surface area contributed by atoms with Crippen LogP contribution in [0.25, 0.3) is 6.08 Å². The second kappa shape index (κ2) is 4.19.